The molecule has 0 aliphatic carbocycles. The summed E-state index contributed by atoms with van der Waals surface area (Å²) in [6, 6.07) is 29.4. The number of benzene rings is 3. The van der Waals surface area contributed by atoms with Crippen LogP contribution in [0.4, 0.5) is 0 Å². The number of hydrogen-bond donors (Lipinski definition) is 0. The number of hydrogen-bond acceptors (Lipinski definition) is 3. The Labute approximate surface area is 224 Å². The number of nitrogens with zero attached hydrogens (tertiary/aromatic N) is 1. The van der Waals surface area contributed by atoms with Crippen LogP contribution < -0.4 is 9.47 Å². The van der Waals surface area contributed by atoms with Crippen LogP contribution in [0.1, 0.15) is 49.7 Å². The van der Waals surface area contributed by atoms with Gasteiger partial charge in [-0.25, -0.2) is 0 Å². The third-order valence-electron chi connectivity index (χ3n) is 6.74. The highest BCUT2D eigenvalue weighted by Crippen LogP contribution is 2.19. The highest BCUT2D eigenvalue weighted by atomic mass is 16.5. The molecule has 3 aromatic carbocycles. The topological polar surface area (TPSA) is 27.7 Å². The smallest absolute Gasteiger partial charge is 0.120 e. The van der Waals surface area contributed by atoms with E-state index in [1.807, 2.05) is 42.5 Å². The normalized spacial score (nSPS) is 12.3. The lowest BCUT2D eigenvalue weighted by Crippen LogP contribution is -2.49. The van der Waals surface area contributed by atoms with Crippen molar-refractivity contribution in [3.05, 3.63) is 96.1 Å². The van der Waals surface area contributed by atoms with Gasteiger partial charge in [-0.2, -0.15) is 0 Å². The van der Waals surface area contributed by atoms with Crippen molar-refractivity contribution in [1.29, 1.82) is 0 Å². The molecule has 0 aliphatic rings. The molecular weight excluding hydrogens is 458 g/mol. The molecule has 0 fully saturated rings. The van der Waals surface area contributed by atoms with E-state index < -0.39 is 0 Å². The molecule has 0 N–H and O–H groups in total. The van der Waals surface area contributed by atoms with E-state index >= 15 is 0 Å². The Balaban J connectivity index is 1.17. The van der Waals surface area contributed by atoms with Crippen molar-refractivity contribution in [2.24, 2.45) is 0 Å². The van der Waals surface area contributed by atoms with Gasteiger partial charge in [0.05, 0.1) is 34.4 Å². The van der Waals surface area contributed by atoms with Crippen LogP contribution in [0.3, 0.4) is 0 Å². The van der Waals surface area contributed by atoms with Gasteiger partial charge < -0.3 is 18.7 Å². The van der Waals surface area contributed by atoms with Crippen LogP contribution in [0.25, 0.3) is 0 Å². The summed E-state index contributed by atoms with van der Waals surface area (Å²) >= 11 is 0. The number of likely N-dealkylation sites (N-methyl/N-ethyl adjacent to an activating group) is 1. The average Bonchev–Trinajstić information content (AvgIpc) is 2.91. The fourth-order valence-electron chi connectivity index (χ4n) is 4.24. The van der Waals surface area contributed by atoms with Crippen molar-refractivity contribution in [3.63, 3.8) is 0 Å². The van der Waals surface area contributed by atoms with E-state index in [0.717, 1.165) is 55.1 Å². The Hall–Kier alpha value is -2.82. The van der Waals surface area contributed by atoms with Crippen molar-refractivity contribution in [2.45, 2.75) is 57.6 Å². The number of rotatable bonds is 18. The van der Waals surface area contributed by atoms with Gasteiger partial charge in [0.25, 0.3) is 0 Å². The first kappa shape index (κ1) is 28.7. The second-order valence-electron chi connectivity index (χ2n) is 10.8. The van der Waals surface area contributed by atoms with Crippen LogP contribution in [0, 0.1) is 0 Å². The standard InChI is InChI=1S/C33H46NO3/c1-34(2,3)31(26-29-16-10-8-11-17-29)28-35-24-14-6-4-5-7-15-25-36-32-20-22-33(23-21-32)37-27-30-18-12-9-13-19-30/h8-13,16-23,31H,4-7,14-15,24-28H2,1-3H3/q+1/t31-/m0/s1. The first-order chi connectivity index (χ1) is 18.0. The van der Waals surface area contributed by atoms with E-state index in [9.17, 15) is 0 Å². The predicted octanol–water partition coefficient (Wildman–Crippen LogP) is 7.32. The van der Waals surface area contributed by atoms with Crippen molar-refractivity contribution < 1.29 is 18.7 Å². The molecule has 0 saturated carbocycles. The summed E-state index contributed by atoms with van der Waals surface area (Å²) < 4.78 is 18.7. The SMILES string of the molecule is C[N+](C)(C)[C@H](COCCCCCCCCOc1ccc(OCc2ccccc2)cc1)Cc1ccccc1. The van der Waals surface area contributed by atoms with Gasteiger partial charge in [0.2, 0.25) is 0 Å². The largest absolute Gasteiger partial charge is 0.494 e. The molecule has 0 heterocycles. The average molecular weight is 505 g/mol. The number of ether oxygens (including phenoxy) is 3. The van der Waals surface area contributed by atoms with Crippen LogP contribution >= 0.6 is 0 Å². The van der Waals surface area contributed by atoms with Gasteiger partial charge in [-0.15, -0.1) is 0 Å². The summed E-state index contributed by atoms with van der Waals surface area (Å²) in [5.74, 6) is 1.77. The van der Waals surface area contributed by atoms with E-state index in [1.165, 1.54) is 36.8 Å². The van der Waals surface area contributed by atoms with Gasteiger partial charge in [-0.3, -0.25) is 0 Å². The molecule has 200 valence electrons. The zero-order valence-electron chi connectivity index (χ0n) is 23.1. The fraction of sp³-hybridized carbons (Fsp3) is 0.455. The molecule has 3 aromatic rings. The van der Waals surface area contributed by atoms with Crippen LogP contribution in [0.5, 0.6) is 11.5 Å². The van der Waals surface area contributed by atoms with E-state index in [-0.39, 0.29) is 0 Å². The Morgan fingerprint density at radius 2 is 1.08 bits per heavy atom. The number of unbranched alkanes of at least 4 members (excludes halogenated alkanes) is 5. The van der Waals surface area contributed by atoms with Crippen molar-refractivity contribution in [3.8, 4) is 11.5 Å². The minimum Gasteiger partial charge on any atom is -0.494 e. The van der Waals surface area contributed by atoms with E-state index in [1.54, 1.807) is 0 Å². The summed E-state index contributed by atoms with van der Waals surface area (Å²) in [5, 5.41) is 0. The third kappa shape index (κ3) is 11.8. The molecule has 4 nitrogen and oxygen atoms in total. The lowest BCUT2D eigenvalue weighted by molar-refractivity contribution is -0.896. The molecule has 0 aliphatic heterocycles. The van der Waals surface area contributed by atoms with Crippen molar-refractivity contribution in [1.82, 2.24) is 0 Å². The maximum atomic E-state index is 6.09. The predicted molar refractivity (Wildman–Crippen MR) is 153 cm³/mol. The molecule has 0 saturated heterocycles. The zero-order valence-corrected chi connectivity index (χ0v) is 23.1. The Kier molecular flexibility index (Phi) is 12.5. The van der Waals surface area contributed by atoms with Crippen molar-refractivity contribution >= 4 is 0 Å². The van der Waals surface area contributed by atoms with Crippen LogP contribution in [-0.2, 0) is 17.8 Å². The molecule has 0 amide bonds. The van der Waals surface area contributed by atoms with Crippen LogP contribution in [-0.4, -0.2) is 51.5 Å². The molecule has 37 heavy (non-hydrogen) atoms. The lowest BCUT2D eigenvalue weighted by Gasteiger charge is -2.34. The molecule has 0 unspecified atom stereocenters. The Bertz CT molecular complexity index is 968. The minimum absolute atomic E-state index is 0.473. The lowest BCUT2D eigenvalue weighted by atomic mass is 10.0. The van der Waals surface area contributed by atoms with E-state index in [4.69, 9.17) is 14.2 Å². The Morgan fingerprint density at radius 1 is 0.568 bits per heavy atom. The van der Waals surface area contributed by atoms with E-state index in [0.29, 0.717) is 12.6 Å². The molecule has 0 radical (unpaired) electrons. The minimum atomic E-state index is 0.473. The molecular formula is C33H46NO3+. The Morgan fingerprint density at radius 3 is 1.68 bits per heavy atom. The van der Waals surface area contributed by atoms with Gasteiger partial charge in [0, 0.05) is 13.0 Å². The van der Waals surface area contributed by atoms with E-state index in [2.05, 4.69) is 63.6 Å². The second-order valence-corrected chi connectivity index (χ2v) is 10.8. The molecule has 0 aromatic heterocycles. The van der Waals surface area contributed by atoms with Gasteiger partial charge in [0.15, 0.2) is 0 Å². The summed E-state index contributed by atoms with van der Waals surface area (Å²) in [5.41, 5.74) is 2.56. The molecule has 1 atom stereocenters. The van der Waals surface area contributed by atoms with Gasteiger partial charge in [0.1, 0.15) is 24.1 Å². The number of quaternary nitrogens is 1. The highest BCUT2D eigenvalue weighted by Gasteiger charge is 2.24. The van der Waals surface area contributed by atoms with Crippen LogP contribution in [0.2, 0.25) is 0 Å². The fourth-order valence-corrected chi connectivity index (χ4v) is 4.24. The first-order valence-electron chi connectivity index (χ1n) is 13.8. The van der Waals surface area contributed by atoms with Crippen molar-refractivity contribution in [2.75, 3.05) is 41.0 Å². The maximum Gasteiger partial charge on any atom is 0.120 e. The monoisotopic (exact) mass is 504 g/mol. The summed E-state index contributed by atoms with van der Waals surface area (Å²) in [7, 11) is 6.78. The third-order valence-corrected chi connectivity index (χ3v) is 6.74. The second kappa shape index (κ2) is 16.1. The quantitative estimate of drug-likeness (QED) is 0.134. The summed E-state index contributed by atoms with van der Waals surface area (Å²) in [4.78, 5) is 0. The summed E-state index contributed by atoms with van der Waals surface area (Å²) in [6.07, 6.45) is 8.25. The molecule has 0 bridgehead atoms. The molecule has 4 heteroatoms. The zero-order chi connectivity index (χ0) is 26.2. The maximum absolute atomic E-state index is 6.09. The highest BCUT2D eigenvalue weighted by molar-refractivity contribution is 5.31. The van der Waals surface area contributed by atoms with Gasteiger partial charge in [-0.05, 0) is 48.2 Å². The van der Waals surface area contributed by atoms with Crippen LogP contribution in [0.15, 0.2) is 84.9 Å². The molecule has 3 rings (SSSR count). The first-order valence-corrected chi connectivity index (χ1v) is 13.8. The van der Waals surface area contributed by atoms with Gasteiger partial charge in [-0.1, -0.05) is 86.3 Å². The van der Waals surface area contributed by atoms with Gasteiger partial charge >= 0.3 is 0 Å². The summed E-state index contributed by atoms with van der Waals surface area (Å²) in [6.45, 7) is 3.02. The molecule has 0 spiro atoms.